The van der Waals surface area contributed by atoms with Crippen LogP contribution in [-0.4, -0.2) is 21.5 Å². The molecule has 0 aliphatic carbocycles. The molecule has 0 bridgehead atoms. The third kappa shape index (κ3) is 4.27. The molecule has 0 unspecified atom stereocenters. The van der Waals surface area contributed by atoms with Gasteiger partial charge in [0.1, 0.15) is 16.5 Å². The molecule has 0 atom stereocenters. The molecule has 0 aliphatic heterocycles. The van der Waals surface area contributed by atoms with Crippen molar-refractivity contribution in [2.24, 2.45) is 11.7 Å². The van der Waals surface area contributed by atoms with Gasteiger partial charge in [-0.15, -0.1) is 0 Å². The standard InChI is InChI=1S/C13H16F2N2O2S/c1-9(2)8-17-20(18,19)13-10(4-3-5-16)6-11(14)7-12(13)15/h6-7,9,17H,5,8,16H2,1-2H3. The molecule has 4 nitrogen and oxygen atoms in total. The van der Waals surface area contributed by atoms with Crippen LogP contribution < -0.4 is 10.5 Å². The maximum absolute atomic E-state index is 13.8. The van der Waals surface area contributed by atoms with Crippen LogP contribution in [0.25, 0.3) is 0 Å². The molecule has 110 valence electrons. The molecular formula is C13H16F2N2O2S. The molecule has 0 saturated carbocycles. The first kappa shape index (κ1) is 16.6. The molecule has 0 saturated heterocycles. The number of sulfonamides is 1. The van der Waals surface area contributed by atoms with Crippen molar-refractivity contribution in [2.75, 3.05) is 13.1 Å². The molecule has 1 aromatic rings. The molecule has 1 rings (SSSR count). The van der Waals surface area contributed by atoms with Crippen molar-refractivity contribution < 1.29 is 17.2 Å². The Morgan fingerprint density at radius 1 is 1.35 bits per heavy atom. The minimum Gasteiger partial charge on any atom is -0.320 e. The maximum atomic E-state index is 13.8. The van der Waals surface area contributed by atoms with Crippen molar-refractivity contribution in [3.05, 3.63) is 29.3 Å². The average Bonchev–Trinajstić information content (AvgIpc) is 2.32. The van der Waals surface area contributed by atoms with E-state index in [9.17, 15) is 17.2 Å². The minimum atomic E-state index is -4.10. The van der Waals surface area contributed by atoms with Crippen LogP contribution in [-0.2, 0) is 10.0 Å². The fourth-order valence-electron chi connectivity index (χ4n) is 1.42. The van der Waals surface area contributed by atoms with Gasteiger partial charge in [-0.3, -0.25) is 0 Å². The highest BCUT2D eigenvalue weighted by molar-refractivity contribution is 7.89. The Bertz CT molecular complexity index is 646. The number of nitrogens with one attached hydrogen (secondary N) is 1. The first-order chi connectivity index (χ1) is 9.27. The van der Waals surface area contributed by atoms with Crippen LogP contribution in [0.3, 0.4) is 0 Å². The van der Waals surface area contributed by atoms with Crippen LogP contribution in [0.5, 0.6) is 0 Å². The first-order valence-corrected chi connectivity index (χ1v) is 7.44. The molecule has 0 fully saturated rings. The summed E-state index contributed by atoms with van der Waals surface area (Å²) in [5.74, 6) is 2.74. The SMILES string of the molecule is CC(C)CNS(=O)(=O)c1c(F)cc(F)cc1C#CCN. The molecule has 20 heavy (non-hydrogen) atoms. The van der Waals surface area contributed by atoms with Gasteiger partial charge in [-0.2, -0.15) is 0 Å². The summed E-state index contributed by atoms with van der Waals surface area (Å²) in [6.45, 7) is 3.71. The normalized spacial score (nSPS) is 11.3. The lowest BCUT2D eigenvalue weighted by Gasteiger charge is -2.11. The van der Waals surface area contributed by atoms with E-state index in [1.165, 1.54) is 0 Å². The minimum absolute atomic E-state index is 0.0446. The van der Waals surface area contributed by atoms with Crippen LogP contribution in [0.15, 0.2) is 17.0 Å². The van der Waals surface area contributed by atoms with Gasteiger partial charge in [0.2, 0.25) is 10.0 Å². The first-order valence-electron chi connectivity index (χ1n) is 5.95. The van der Waals surface area contributed by atoms with Gasteiger partial charge in [0.15, 0.2) is 0 Å². The molecule has 0 spiro atoms. The van der Waals surface area contributed by atoms with E-state index in [2.05, 4.69) is 16.6 Å². The van der Waals surface area contributed by atoms with E-state index in [-0.39, 0.29) is 24.6 Å². The molecule has 1 aromatic carbocycles. The molecule has 3 N–H and O–H groups in total. The summed E-state index contributed by atoms with van der Waals surface area (Å²) in [5, 5.41) is 0. The summed E-state index contributed by atoms with van der Waals surface area (Å²) in [5.41, 5.74) is 4.94. The molecule has 7 heteroatoms. The van der Waals surface area contributed by atoms with Gasteiger partial charge < -0.3 is 5.73 Å². The second kappa shape index (κ2) is 6.79. The zero-order valence-electron chi connectivity index (χ0n) is 11.2. The van der Waals surface area contributed by atoms with Crippen molar-refractivity contribution in [1.29, 1.82) is 0 Å². The second-order valence-corrected chi connectivity index (χ2v) is 6.22. The Hall–Kier alpha value is -1.49. The predicted octanol–water partition coefficient (Wildman–Crippen LogP) is 1.21. The summed E-state index contributed by atoms with van der Waals surface area (Å²) >= 11 is 0. The van der Waals surface area contributed by atoms with Crippen molar-refractivity contribution in [1.82, 2.24) is 4.72 Å². The van der Waals surface area contributed by atoms with E-state index >= 15 is 0 Å². The van der Waals surface area contributed by atoms with Gasteiger partial charge in [-0.1, -0.05) is 25.7 Å². The van der Waals surface area contributed by atoms with Crippen molar-refractivity contribution in [3.8, 4) is 11.8 Å². The number of nitrogens with two attached hydrogens (primary N) is 1. The number of hydrogen-bond donors (Lipinski definition) is 2. The largest absolute Gasteiger partial charge is 0.320 e. The number of hydrogen-bond acceptors (Lipinski definition) is 3. The fraction of sp³-hybridized carbons (Fsp3) is 0.385. The number of halogens is 2. The molecule has 0 radical (unpaired) electrons. The number of benzene rings is 1. The van der Waals surface area contributed by atoms with E-state index in [1.807, 2.05) is 0 Å². The van der Waals surface area contributed by atoms with Gasteiger partial charge in [-0.05, 0) is 12.0 Å². The molecule has 0 amide bonds. The average molecular weight is 302 g/mol. The molecule has 0 aromatic heterocycles. The van der Waals surface area contributed by atoms with Gasteiger partial charge in [0.25, 0.3) is 0 Å². The number of rotatable bonds is 4. The van der Waals surface area contributed by atoms with Gasteiger partial charge in [-0.25, -0.2) is 21.9 Å². The van der Waals surface area contributed by atoms with E-state index < -0.39 is 26.6 Å². The van der Waals surface area contributed by atoms with E-state index in [0.717, 1.165) is 6.07 Å². The van der Waals surface area contributed by atoms with Crippen LogP contribution in [0.4, 0.5) is 8.78 Å². The van der Waals surface area contributed by atoms with Crippen LogP contribution in [0.2, 0.25) is 0 Å². The highest BCUT2D eigenvalue weighted by atomic mass is 32.2. The molecular weight excluding hydrogens is 286 g/mol. The highest BCUT2D eigenvalue weighted by Crippen LogP contribution is 2.21. The van der Waals surface area contributed by atoms with Crippen LogP contribution in [0, 0.1) is 29.4 Å². The van der Waals surface area contributed by atoms with Gasteiger partial charge in [0.05, 0.1) is 12.1 Å². The Labute approximate surface area is 117 Å². The lowest BCUT2D eigenvalue weighted by atomic mass is 10.2. The van der Waals surface area contributed by atoms with Gasteiger partial charge >= 0.3 is 0 Å². The summed E-state index contributed by atoms with van der Waals surface area (Å²) in [7, 11) is -4.10. The Morgan fingerprint density at radius 2 is 2.00 bits per heavy atom. The Balaban J connectivity index is 3.35. The summed E-state index contributed by atoms with van der Waals surface area (Å²) in [6.07, 6.45) is 0. The van der Waals surface area contributed by atoms with E-state index in [1.54, 1.807) is 13.8 Å². The third-order valence-corrected chi connectivity index (χ3v) is 3.78. The summed E-state index contributed by atoms with van der Waals surface area (Å²) < 4.78 is 53.4. The van der Waals surface area contributed by atoms with Crippen molar-refractivity contribution in [2.45, 2.75) is 18.7 Å². The third-order valence-electron chi connectivity index (χ3n) is 2.28. The Kier molecular flexibility index (Phi) is 5.62. The quantitative estimate of drug-likeness (QED) is 0.821. The van der Waals surface area contributed by atoms with E-state index in [0.29, 0.717) is 6.07 Å². The predicted molar refractivity (Wildman–Crippen MR) is 72.3 cm³/mol. The Morgan fingerprint density at radius 3 is 2.55 bits per heavy atom. The topological polar surface area (TPSA) is 72.2 Å². The monoisotopic (exact) mass is 302 g/mol. The molecule has 0 aliphatic rings. The lowest BCUT2D eigenvalue weighted by Crippen LogP contribution is -2.29. The van der Waals surface area contributed by atoms with Gasteiger partial charge in [0, 0.05) is 12.6 Å². The second-order valence-electron chi connectivity index (χ2n) is 4.52. The van der Waals surface area contributed by atoms with Crippen LogP contribution >= 0.6 is 0 Å². The smallest absolute Gasteiger partial charge is 0.244 e. The highest BCUT2D eigenvalue weighted by Gasteiger charge is 2.23. The maximum Gasteiger partial charge on any atom is 0.244 e. The summed E-state index contributed by atoms with van der Waals surface area (Å²) in [6, 6.07) is 1.38. The van der Waals surface area contributed by atoms with Crippen LogP contribution in [0.1, 0.15) is 19.4 Å². The fourth-order valence-corrected chi connectivity index (χ4v) is 2.83. The zero-order chi connectivity index (χ0) is 15.3. The summed E-state index contributed by atoms with van der Waals surface area (Å²) in [4.78, 5) is -0.652. The van der Waals surface area contributed by atoms with Crippen molar-refractivity contribution in [3.63, 3.8) is 0 Å². The van der Waals surface area contributed by atoms with Crippen molar-refractivity contribution >= 4 is 10.0 Å². The lowest BCUT2D eigenvalue weighted by molar-refractivity contribution is 0.534. The van der Waals surface area contributed by atoms with E-state index in [4.69, 9.17) is 5.73 Å². The molecule has 0 heterocycles. The zero-order valence-corrected chi connectivity index (χ0v) is 12.0.